The van der Waals surface area contributed by atoms with E-state index in [4.69, 9.17) is 4.74 Å². The molecule has 0 spiro atoms. The summed E-state index contributed by atoms with van der Waals surface area (Å²) < 4.78 is 5.10. The van der Waals surface area contributed by atoms with Gasteiger partial charge in [-0.05, 0) is 17.7 Å². The molecule has 1 aromatic carbocycles. The van der Waals surface area contributed by atoms with Gasteiger partial charge in [-0.15, -0.1) is 0 Å². The van der Waals surface area contributed by atoms with Gasteiger partial charge in [-0.25, -0.2) is 0 Å². The van der Waals surface area contributed by atoms with Gasteiger partial charge in [0.1, 0.15) is 11.8 Å². The van der Waals surface area contributed by atoms with E-state index in [1.807, 2.05) is 12.1 Å². The van der Waals surface area contributed by atoms with Crippen LogP contribution in [0.25, 0.3) is 0 Å². The van der Waals surface area contributed by atoms with Crippen LogP contribution >= 0.6 is 0 Å². The van der Waals surface area contributed by atoms with E-state index in [0.29, 0.717) is 12.2 Å². The second kappa shape index (κ2) is 5.90. The van der Waals surface area contributed by atoms with Crippen LogP contribution in [-0.4, -0.2) is 25.0 Å². The number of nitrogens with zero attached hydrogens (tertiary/aromatic N) is 2. The minimum atomic E-state index is -0.572. The van der Waals surface area contributed by atoms with Crippen molar-refractivity contribution in [2.45, 2.75) is 19.4 Å². The maximum Gasteiger partial charge on any atom is 0.223 e. The molecule has 0 saturated carbocycles. The Morgan fingerprint density at radius 2 is 2.29 bits per heavy atom. The summed E-state index contributed by atoms with van der Waals surface area (Å²) in [6, 6.07) is 8.76. The van der Waals surface area contributed by atoms with Crippen LogP contribution in [0.5, 0.6) is 5.75 Å². The average Bonchev–Trinajstić information content (AvgIpc) is 2.38. The number of amides is 1. The number of nitriles is 1. The van der Waals surface area contributed by atoms with Crippen LogP contribution in [0.15, 0.2) is 24.3 Å². The zero-order valence-corrected chi connectivity index (χ0v) is 10.3. The molecule has 1 rings (SSSR count). The lowest BCUT2D eigenvalue weighted by Crippen LogP contribution is -2.29. The van der Waals surface area contributed by atoms with E-state index in [-0.39, 0.29) is 5.91 Å². The number of ether oxygens (including phenoxy) is 1. The number of hydrogen-bond donors (Lipinski definition) is 0. The molecule has 0 aromatic heterocycles. The van der Waals surface area contributed by atoms with Crippen LogP contribution in [0.3, 0.4) is 0 Å². The van der Waals surface area contributed by atoms with Crippen molar-refractivity contribution in [2.75, 3.05) is 14.2 Å². The Balaban J connectivity index is 3.01. The first-order chi connectivity index (χ1) is 8.13. The van der Waals surface area contributed by atoms with Crippen LogP contribution in [-0.2, 0) is 4.79 Å². The van der Waals surface area contributed by atoms with Crippen LogP contribution < -0.4 is 4.74 Å². The van der Waals surface area contributed by atoms with E-state index in [0.717, 1.165) is 5.56 Å². The van der Waals surface area contributed by atoms with E-state index in [1.54, 1.807) is 33.2 Å². The fraction of sp³-hybridized carbons (Fsp3) is 0.385. The second-order valence-corrected chi connectivity index (χ2v) is 3.67. The van der Waals surface area contributed by atoms with Crippen molar-refractivity contribution in [3.63, 3.8) is 0 Å². The van der Waals surface area contributed by atoms with Crippen molar-refractivity contribution in [3.05, 3.63) is 29.8 Å². The van der Waals surface area contributed by atoms with Crippen LogP contribution in [0, 0.1) is 11.3 Å². The van der Waals surface area contributed by atoms with Gasteiger partial charge < -0.3 is 9.64 Å². The molecule has 1 unspecified atom stereocenters. The molecule has 90 valence electrons. The van der Waals surface area contributed by atoms with Crippen molar-refractivity contribution in [3.8, 4) is 11.8 Å². The van der Waals surface area contributed by atoms with Gasteiger partial charge in [0.25, 0.3) is 0 Å². The quantitative estimate of drug-likeness (QED) is 0.799. The number of carbonyl (C=O) groups excluding carboxylic acids is 1. The fourth-order valence-corrected chi connectivity index (χ4v) is 1.59. The number of hydrogen-bond acceptors (Lipinski definition) is 3. The van der Waals surface area contributed by atoms with Gasteiger partial charge in [-0.3, -0.25) is 4.79 Å². The highest BCUT2D eigenvalue weighted by atomic mass is 16.5. The van der Waals surface area contributed by atoms with Gasteiger partial charge in [-0.1, -0.05) is 19.1 Å². The lowest BCUT2D eigenvalue weighted by Gasteiger charge is -2.22. The molecule has 1 amide bonds. The van der Waals surface area contributed by atoms with Crippen LogP contribution in [0.2, 0.25) is 0 Å². The highest BCUT2D eigenvalue weighted by molar-refractivity contribution is 5.76. The van der Waals surface area contributed by atoms with Crippen LogP contribution in [0.4, 0.5) is 0 Å². The molecule has 0 fully saturated rings. The first-order valence-corrected chi connectivity index (χ1v) is 5.43. The Bertz CT molecular complexity index is 437. The van der Waals surface area contributed by atoms with Gasteiger partial charge >= 0.3 is 0 Å². The van der Waals surface area contributed by atoms with Crippen LogP contribution in [0.1, 0.15) is 24.9 Å². The van der Waals surface area contributed by atoms with Gasteiger partial charge in [0.2, 0.25) is 5.91 Å². The molecule has 0 N–H and O–H groups in total. The summed E-state index contributed by atoms with van der Waals surface area (Å²) in [4.78, 5) is 13.0. The summed E-state index contributed by atoms with van der Waals surface area (Å²) in [5.74, 6) is 0.625. The van der Waals surface area contributed by atoms with Crippen molar-refractivity contribution in [2.24, 2.45) is 0 Å². The third kappa shape index (κ3) is 2.97. The molecule has 0 radical (unpaired) electrons. The molecule has 0 heterocycles. The summed E-state index contributed by atoms with van der Waals surface area (Å²) in [7, 11) is 3.21. The Morgan fingerprint density at radius 3 is 2.82 bits per heavy atom. The van der Waals surface area contributed by atoms with Crippen molar-refractivity contribution in [1.82, 2.24) is 4.90 Å². The predicted molar refractivity (Wildman–Crippen MR) is 64.4 cm³/mol. The molecular formula is C13H16N2O2. The molecular weight excluding hydrogens is 216 g/mol. The molecule has 0 aliphatic heterocycles. The van der Waals surface area contributed by atoms with E-state index in [2.05, 4.69) is 6.07 Å². The summed E-state index contributed by atoms with van der Waals surface area (Å²) in [5.41, 5.74) is 0.760. The molecule has 0 aliphatic carbocycles. The highest BCUT2D eigenvalue weighted by Gasteiger charge is 2.20. The molecule has 1 atom stereocenters. The van der Waals surface area contributed by atoms with Crippen molar-refractivity contribution in [1.29, 1.82) is 5.26 Å². The first kappa shape index (κ1) is 13.0. The lowest BCUT2D eigenvalue weighted by molar-refractivity contribution is -0.130. The zero-order valence-electron chi connectivity index (χ0n) is 10.3. The number of rotatable bonds is 4. The topological polar surface area (TPSA) is 53.3 Å². The minimum absolute atomic E-state index is 0.0561. The van der Waals surface area contributed by atoms with Gasteiger partial charge in [-0.2, -0.15) is 5.26 Å². The molecule has 4 heteroatoms. The monoisotopic (exact) mass is 232 g/mol. The first-order valence-electron chi connectivity index (χ1n) is 5.43. The van der Waals surface area contributed by atoms with Crippen molar-refractivity contribution < 1.29 is 9.53 Å². The minimum Gasteiger partial charge on any atom is -0.497 e. The predicted octanol–water partition coefficient (Wildman–Crippen LogP) is 2.13. The summed E-state index contributed by atoms with van der Waals surface area (Å²) >= 11 is 0. The zero-order chi connectivity index (χ0) is 12.8. The molecule has 0 aliphatic rings. The molecule has 0 bridgehead atoms. The molecule has 4 nitrogen and oxygen atoms in total. The third-order valence-electron chi connectivity index (χ3n) is 2.61. The lowest BCUT2D eigenvalue weighted by atomic mass is 10.1. The van der Waals surface area contributed by atoms with Gasteiger partial charge in [0.15, 0.2) is 0 Å². The normalized spacial score (nSPS) is 11.4. The smallest absolute Gasteiger partial charge is 0.223 e. The Kier molecular flexibility index (Phi) is 4.53. The largest absolute Gasteiger partial charge is 0.497 e. The SMILES string of the molecule is CCC(=O)N(C)C(C#N)c1cccc(OC)c1. The maximum absolute atomic E-state index is 11.6. The summed E-state index contributed by atoms with van der Waals surface area (Å²) in [5, 5.41) is 9.17. The van der Waals surface area contributed by atoms with Gasteiger partial charge in [0, 0.05) is 13.5 Å². The number of benzene rings is 1. The van der Waals surface area contributed by atoms with Crippen molar-refractivity contribution >= 4 is 5.91 Å². The standard InChI is InChI=1S/C13H16N2O2/c1-4-13(16)15(2)12(9-14)10-6-5-7-11(8-10)17-3/h5-8,12H,4H2,1-3H3. The van der Waals surface area contributed by atoms with E-state index < -0.39 is 6.04 Å². The fourth-order valence-electron chi connectivity index (χ4n) is 1.59. The van der Waals surface area contributed by atoms with E-state index in [1.165, 1.54) is 4.90 Å². The third-order valence-corrected chi connectivity index (χ3v) is 2.61. The summed E-state index contributed by atoms with van der Waals surface area (Å²) in [6.45, 7) is 1.78. The Labute approximate surface area is 101 Å². The molecule has 1 aromatic rings. The second-order valence-electron chi connectivity index (χ2n) is 3.67. The number of carbonyl (C=O) groups is 1. The van der Waals surface area contributed by atoms with E-state index in [9.17, 15) is 10.1 Å². The van der Waals surface area contributed by atoms with E-state index >= 15 is 0 Å². The average molecular weight is 232 g/mol. The van der Waals surface area contributed by atoms with Gasteiger partial charge in [0.05, 0.1) is 13.2 Å². The number of methoxy groups -OCH3 is 1. The highest BCUT2D eigenvalue weighted by Crippen LogP contribution is 2.23. The molecule has 17 heavy (non-hydrogen) atoms. The molecule has 0 saturated heterocycles. The Hall–Kier alpha value is -2.02. The maximum atomic E-state index is 11.6. The summed E-state index contributed by atoms with van der Waals surface area (Å²) in [6.07, 6.45) is 0.388. The Morgan fingerprint density at radius 1 is 1.59 bits per heavy atom.